The monoisotopic (exact) mass is 294 g/mol. The van der Waals surface area contributed by atoms with E-state index in [1.165, 1.54) is 11.1 Å². The summed E-state index contributed by atoms with van der Waals surface area (Å²) in [6.07, 6.45) is 1.91. The van der Waals surface area contributed by atoms with E-state index >= 15 is 0 Å². The van der Waals surface area contributed by atoms with E-state index in [1.807, 2.05) is 19.1 Å². The van der Waals surface area contributed by atoms with Crippen LogP contribution in [-0.2, 0) is 17.6 Å². The fourth-order valence-electron chi connectivity index (χ4n) is 2.59. The molecule has 3 nitrogen and oxygen atoms in total. The molecule has 0 saturated heterocycles. The smallest absolute Gasteiger partial charge is 0.236 e. The third kappa shape index (κ3) is 3.97. The SMILES string of the molecule is CC(C)CNC(=O)C(C)NC1Cc2ccc(Cl)cc2C1. The average molecular weight is 295 g/mol. The molecule has 0 saturated carbocycles. The van der Waals surface area contributed by atoms with Crippen LogP contribution in [0.4, 0.5) is 0 Å². The highest BCUT2D eigenvalue weighted by molar-refractivity contribution is 6.30. The number of hydrogen-bond acceptors (Lipinski definition) is 2. The summed E-state index contributed by atoms with van der Waals surface area (Å²) in [6, 6.07) is 6.21. The summed E-state index contributed by atoms with van der Waals surface area (Å²) >= 11 is 6.01. The molecule has 1 aliphatic carbocycles. The molecule has 2 N–H and O–H groups in total. The van der Waals surface area contributed by atoms with Crippen molar-refractivity contribution in [2.45, 2.75) is 45.7 Å². The zero-order chi connectivity index (χ0) is 14.7. The molecule has 0 spiro atoms. The van der Waals surface area contributed by atoms with Gasteiger partial charge in [0.2, 0.25) is 5.91 Å². The summed E-state index contributed by atoms with van der Waals surface area (Å²) < 4.78 is 0. The minimum atomic E-state index is -0.163. The molecule has 1 aliphatic rings. The van der Waals surface area contributed by atoms with E-state index in [0.29, 0.717) is 12.0 Å². The van der Waals surface area contributed by atoms with Gasteiger partial charge < -0.3 is 10.6 Å². The zero-order valence-corrected chi connectivity index (χ0v) is 13.1. The zero-order valence-electron chi connectivity index (χ0n) is 12.4. The number of nitrogens with one attached hydrogen (secondary N) is 2. The van der Waals surface area contributed by atoms with Gasteiger partial charge in [0.05, 0.1) is 6.04 Å². The Morgan fingerprint density at radius 2 is 2.00 bits per heavy atom. The summed E-state index contributed by atoms with van der Waals surface area (Å²) in [6.45, 7) is 6.84. The molecular weight excluding hydrogens is 272 g/mol. The number of carbonyl (C=O) groups excluding carboxylic acids is 1. The Bertz CT molecular complexity index is 487. The molecule has 2 unspecified atom stereocenters. The molecule has 20 heavy (non-hydrogen) atoms. The van der Waals surface area contributed by atoms with Gasteiger partial charge in [0, 0.05) is 17.6 Å². The van der Waals surface area contributed by atoms with Crippen LogP contribution in [0, 0.1) is 5.92 Å². The lowest BCUT2D eigenvalue weighted by molar-refractivity contribution is -0.123. The standard InChI is InChI=1S/C16H23ClN2O/c1-10(2)9-18-16(20)11(3)19-15-7-12-4-5-14(17)6-13(12)8-15/h4-6,10-11,15,19H,7-9H2,1-3H3,(H,18,20). The van der Waals surface area contributed by atoms with Gasteiger partial charge in [-0.25, -0.2) is 0 Å². The van der Waals surface area contributed by atoms with Crippen LogP contribution in [0.5, 0.6) is 0 Å². The predicted molar refractivity (Wildman–Crippen MR) is 83.1 cm³/mol. The molecule has 0 aromatic heterocycles. The van der Waals surface area contributed by atoms with Crippen molar-refractivity contribution in [2.24, 2.45) is 5.92 Å². The van der Waals surface area contributed by atoms with Crippen molar-refractivity contribution in [2.75, 3.05) is 6.54 Å². The molecule has 0 radical (unpaired) electrons. The van der Waals surface area contributed by atoms with E-state index in [-0.39, 0.29) is 11.9 Å². The Labute approximate surface area is 126 Å². The van der Waals surface area contributed by atoms with Crippen molar-refractivity contribution >= 4 is 17.5 Å². The van der Waals surface area contributed by atoms with Crippen LogP contribution in [0.2, 0.25) is 5.02 Å². The molecule has 0 heterocycles. The Morgan fingerprint density at radius 1 is 1.30 bits per heavy atom. The van der Waals surface area contributed by atoms with E-state index in [0.717, 1.165) is 24.4 Å². The molecule has 4 heteroatoms. The lowest BCUT2D eigenvalue weighted by Gasteiger charge is -2.19. The molecular formula is C16H23ClN2O. The van der Waals surface area contributed by atoms with Crippen LogP contribution in [0.3, 0.4) is 0 Å². The van der Waals surface area contributed by atoms with Gasteiger partial charge in [0.1, 0.15) is 0 Å². The van der Waals surface area contributed by atoms with Crippen molar-refractivity contribution in [1.82, 2.24) is 10.6 Å². The van der Waals surface area contributed by atoms with Gasteiger partial charge in [-0.3, -0.25) is 4.79 Å². The van der Waals surface area contributed by atoms with Crippen molar-refractivity contribution in [3.63, 3.8) is 0 Å². The Kier molecular flexibility index (Phi) is 5.06. The molecule has 1 aromatic rings. The van der Waals surface area contributed by atoms with Gasteiger partial charge in [0.25, 0.3) is 0 Å². The number of benzene rings is 1. The lowest BCUT2D eigenvalue weighted by Crippen LogP contribution is -2.47. The number of amides is 1. The highest BCUT2D eigenvalue weighted by atomic mass is 35.5. The second kappa shape index (κ2) is 6.59. The van der Waals surface area contributed by atoms with Gasteiger partial charge >= 0.3 is 0 Å². The predicted octanol–water partition coefficient (Wildman–Crippen LogP) is 2.56. The largest absolute Gasteiger partial charge is 0.354 e. The minimum Gasteiger partial charge on any atom is -0.354 e. The molecule has 0 fully saturated rings. The maximum atomic E-state index is 12.0. The molecule has 2 atom stereocenters. The molecule has 0 aliphatic heterocycles. The highest BCUT2D eigenvalue weighted by Crippen LogP contribution is 2.25. The third-order valence-electron chi connectivity index (χ3n) is 3.66. The fourth-order valence-corrected chi connectivity index (χ4v) is 2.79. The first-order chi connectivity index (χ1) is 9.45. The third-order valence-corrected chi connectivity index (χ3v) is 3.90. The molecule has 1 amide bonds. The van der Waals surface area contributed by atoms with Crippen molar-refractivity contribution in [1.29, 1.82) is 0 Å². The van der Waals surface area contributed by atoms with E-state index in [4.69, 9.17) is 11.6 Å². The number of carbonyl (C=O) groups is 1. The van der Waals surface area contributed by atoms with Crippen LogP contribution in [0.1, 0.15) is 31.9 Å². The van der Waals surface area contributed by atoms with E-state index in [2.05, 4.69) is 30.5 Å². The first kappa shape index (κ1) is 15.3. The van der Waals surface area contributed by atoms with Crippen LogP contribution in [-0.4, -0.2) is 24.5 Å². The fraction of sp³-hybridized carbons (Fsp3) is 0.562. The van der Waals surface area contributed by atoms with Crippen LogP contribution < -0.4 is 10.6 Å². The van der Waals surface area contributed by atoms with E-state index in [1.54, 1.807) is 0 Å². The second-order valence-electron chi connectivity index (χ2n) is 6.05. The van der Waals surface area contributed by atoms with Crippen molar-refractivity contribution in [3.8, 4) is 0 Å². The van der Waals surface area contributed by atoms with E-state index in [9.17, 15) is 4.79 Å². The topological polar surface area (TPSA) is 41.1 Å². The summed E-state index contributed by atoms with van der Waals surface area (Å²) in [5.74, 6) is 0.553. The van der Waals surface area contributed by atoms with Gasteiger partial charge in [-0.15, -0.1) is 0 Å². The van der Waals surface area contributed by atoms with Crippen LogP contribution in [0.25, 0.3) is 0 Å². The summed E-state index contributed by atoms with van der Waals surface area (Å²) in [7, 11) is 0. The summed E-state index contributed by atoms with van der Waals surface area (Å²) in [4.78, 5) is 12.0. The second-order valence-corrected chi connectivity index (χ2v) is 6.48. The van der Waals surface area contributed by atoms with E-state index < -0.39 is 0 Å². The summed E-state index contributed by atoms with van der Waals surface area (Å²) in [5.41, 5.74) is 2.63. The lowest BCUT2D eigenvalue weighted by atomic mass is 10.1. The van der Waals surface area contributed by atoms with Gasteiger partial charge in [-0.2, -0.15) is 0 Å². The number of fused-ring (bicyclic) bond motifs is 1. The van der Waals surface area contributed by atoms with Crippen molar-refractivity contribution in [3.05, 3.63) is 34.3 Å². The first-order valence-electron chi connectivity index (χ1n) is 7.26. The van der Waals surface area contributed by atoms with Crippen molar-refractivity contribution < 1.29 is 4.79 Å². The average Bonchev–Trinajstić information content (AvgIpc) is 2.76. The van der Waals surface area contributed by atoms with Gasteiger partial charge in [-0.1, -0.05) is 31.5 Å². The summed E-state index contributed by atoms with van der Waals surface area (Å²) in [5, 5.41) is 7.16. The van der Waals surface area contributed by atoms with Crippen LogP contribution >= 0.6 is 11.6 Å². The first-order valence-corrected chi connectivity index (χ1v) is 7.64. The molecule has 0 bridgehead atoms. The Hall–Kier alpha value is -1.06. The maximum Gasteiger partial charge on any atom is 0.236 e. The van der Waals surface area contributed by atoms with Gasteiger partial charge in [0.15, 0.2) is 0 Å². The highest BCUT2D eigenvalue weighted by Gasteiger charge is 2.24. The van der Waals surface area contributed by atoms with Gasteiger partial charge in [-0.05, 0) is 48.9 Å². The minimum absolute atomic E-state index is 0.0766. The number of hydrogen-bond donors (Lipinski definition) is 2. The normalized spacial score (nSPS) is 18.9. The number of halogens is 1. The Balaban J connectivity index is 1.85. The molecule has 2 rings (SSSR count). The molecule has 1 aromatic carbocycles. The quantitative estimate of drug-likeness (QED) is 0.876. The maximum absolute atomic E-state index is 12.0. The number of rotatable bonds is 5. The molecule has 110 valence electrons. The van der Waals surface area contributed by atoms with Crippen LogP contribution in [0.15, 0.2) is 18.2 Å². The Morgan fingerprint density at radius 3 is 2.70 bits per heavy atom.